The molecule has 0 aliphatic carbocycles. The van der Waals surface area contributed by atoms with Crippen molar-refractivity contribution in [3.05, 3.63) is 29.6 Å². The molecule has 1 spiro atoms. The number of piperidine rings is 1. The van der Waals surface area contributed by atoms with Gasteiger partial charge in [-0.15, -0.1) is 0 Å². The third-order valence-corrected chi connectivity index (χ3v) is 4.24. The van der Waals surface area contributed by atoms with Crippen LogP contribution in [0.2, 0.25) is 0 Å². The highest BCUT2D eigenvalue weighted by Gasteiger charge is 2.49. The lowest BCUT2D eigenvalue weighted by Crippen LogP contribution is -2.49. The summed E-state index contributed by atoms with van der Waals surface area (Å²) in [5.74, 6) is 0.123. The summed E-state index contributed by atoms with van der Waals surface area (Å²) in [5, 5.41) is 0. The van der Waals surface area contributed by atoms with E-state index in [2.05, 4.69) is 16.9 Å². The van der Waals surface area contributed by atoms with Gasteiger partial charge in [-0.3, -0.25) is 9.78 Å². The molecule has 0 unspecified atom stereocenters. The average Bonchev–Trinajstić information content (AvgIpc) is 2.68. The van der Waals surface area contributed by atoms with E-state index < -0.39 is 0 Å². The number of aromatic nitrogens is 1. The van der Waals surface area contributed by atoms with Crippen molar-refractivity contribution in [2.24, 2.45) is 0 Å². The summed E-state index contributed by atoms with van der Waals surface area (Å²) in [4.78, 5) is 20.9. The van der Waals surface area contributed by atoms with Crippen molar-refractivity contribution in [1.29, 1.82) is 0 Å². The maximum absolute atomic E-state index is 12.2. The number of hydrogen-bond donors (Lipinski definition) is 0. The summed E-state index contributed by atoms with van der Waals surface area (Å²) < 4.78 is 0. The van der Waals surface area contributed by atoms with E-state index in [1.165, 1.54) is 0 Å². The first-order chi connectivity index (χ1) is 9.15. The van der Waals surface area contributed by atoms with Crippen LogP contribution in [0.15, 0.2) is 18.3 Å². The number of pyridine rings is 1. The van der Waals surface area contributed by atoms with Crippen LogP contribution in [-0.4, -0.2) is 47.9 Å². The van der Waals surface area contributed by atoms with Crippen molar-refractivity contribution in [2.45, 2.75) is 32.2 Å². The van der Waals surface area contributed by atoms with Crippen LogP contribution in [0.25, 0.3) is 0 Å². The van der Waals surface area contributed by atoms with Crippen molar-refractivity contribution in [3.8, 4) is 0 Å². The van der Waals surface area contributed by atoms with Crippen LogP contribution >= 0.6 is 0 Å². The Morgan fingerprint density at radius 1 is 1.21 bits per heavy atom. The highest BCUT2D eigenvalue weighted by atomic mass is 16.2. The van der Waals surface area contributed by atoms with Crippen LogP contribution in [0.5, 0.6) is 0 Å². The zero-order valence-corrected chi connectivity index (χ0v) is 12.3. The van der Waals surface area contributed by atoms with E-state index >= 15 is 0 Å². The largest absolute Gasteiger partial charge is 0.330 e. The Morgan fingerprint density at radius 2 is 1.84 bits per heavy atom. The highest BCUT2D eigenvalue weighted by Crippen LogP contribution is 2.43. The van der Waals surface area contributed by atoms with Gasteiger partial charge < -0.3 is 9.80 Å². The van der Waals surface area contributed by atoms with Gasteiger partial charge in [0.05, 0.1) is 16.8 Å². The maximum atomic E-state index is 12.2. The summed E-state index contributed by atoms with van der Waals surface area (Å²) in [7, 11) is 4.04. The SMILES string of the molecule is CC.CN1CCC2(CC1)c1ncccc1C(=O)N2C. The molecule has 19 heavy (non-hydrogen) atoms. The normalized spacial score (nSPS) is 21.1. The molecule has 0 aromatic carbocycles. The van der Waals surface area contributed by atoms with Crippen molar-refractivity contribution < 1.29 is 4.79 Å². The maximum Gasteiger partial charge on any atom is 0.256 e. The topological polar surface area (TPSA) is 36.4 Å². The molecule has 3 heterocycles. The first kappa shape index (κ1) is 14.0. The van der Waals surface area contributed by atoms with E-state index in [0.29, 0.717) is 0 Å². The minimum Gasteiger partial charge on any atom is -0.330 e. The average molecular weight is 261 g/mol. The Labute approximate surface area is 115 Å². The van der Waals surface area contributed by atoms with Gasteiger partial charge in [0.1, 0.15) is 0 Å². The Bertz CT molecular complexity index is 464. The lowest BCUT2D eigenvalue weighted by Gasteiger charge is -2.42. The van der Waals surface area contributed by atoms with E-state index in [0.717, 1.165) is 37.2 Å². The highest BCUT2D eigenvalue weighted by molar-refractivity contribution is 5.99. The number of carbonyl (C=O) groups is 1. The third kappa shape index (κ3) is 2.04. The summed E-state index contributed by atoms with van der Waals surface area (Å²) in [6, 6.07) is 3.74. The van der Waals surface area contributed by atoms with E-state index in [-0.39, 0.29) is 11.4 Å². The predicted molar refractivity (Wildman–Crippen MR) is 76.1 cm³/mol. The van der Waals surface area contributed by atoms with Gasteiger partial charge in [-0.1, -0.05) is 13.8 Å². The molecule has 0 atom stereocenters. The predicted octanol–water partition coefficient (Wildman–Crippen LogP) is 2.11. The standard InChI is InChI=1S/C13H17N3O.C2H6/c1-15-8-5-13(6-9-15)11-10(4-3-7-14-11)12(17)16(13)2;1-2/h3-4,7H,5-6,8-9H2,1-2H3;1-2H3. The Balaban J connectivity index is 0.000000637. The van der Waals surface area contributed by atoms with Crippen LogP contribution < -0.4 is 0 Å². The number of hydrogen-bond acceptors (Lipinski definition) is 3. The minimum absolute atomic E-state index is 0.123. The summed E-state index contributed by atoms with van der Waals surface area (Å²) in [5.41, 5.74) is 1.63. The molecular formula is C15H23N3O. The van der Waals surface area contributed by atoms with E-state index in [4.69, 9.17) is 0 Å². The number of likely N-dealkylation sites (tertiary alicyclic amines) is 1. The van der Waals surface area contributed by atoms with Crippen molar-refractivity contribution >= 4 is 5.91 Å². The minimum atomic E-state index is -0.153. The first-order valence-corrected chi connectivity index (χ1v) is 7.07. The van der Waals surface area contributed by atoms with Crippen molar-refractivity contribution in [3.63, 3.8) is 0 Å². The molecule has 0 saturated carbocycles. The summed E-state index contributed by atoms with van der Waals surface area (Å²) >= 11 is 0. The van der Waals surface area contributed by atoms with Gasteiger partial charge in [0, 0.05) is 26.3 Å². The van der Waals surface area contributed by atoms with Gasteiger partial charge in [0.2, 0.25) is 0 Å². The summed E-state index contributed by atoms with van der Waals surface area (Å²) in [6.45, 7) is 6.04. The molecule has 3 rings (SSSR count). The fourth-order valence-corrected chi connectivity index (χ4v) is 3.04. The monoisotopic (exact) mass is 261 g/mol. The summed E-state index contributed by atoms with van der Waals surface area (Å²) in [6.07, 6.45) is 3.76. The second kappa shape index (κ2) is 5.29. The van der Waals surface area contributed by atoms with Gasteiger partial charge >= 0.3 is 0 Å². The van der Waals surface area contributed by atoms with E-state index in [9.17, 15) is 4.79 Å². The molecule has 1 fully saturated rings. The zero-order chi connectivity index (χ0) is 14.0. The molecule has 1 saturated heterocycles. The molecule has 4 heteroatoms. The van der Waals surface area contributed by atoms with Crippen LogP contribution in [0.1, 0.15) is 42.7 Å². The Hall–Kier alpha value is -1.42. The third-order valence-electron chi connectivity index (χ3n) is 4.24. The number of amides is 1. The van der Waals surface area contributed by atoms with E-state index in [1.807, 2.05) is 37.9 Å². The lowest BCUT2D eigenvalue weighted by molar-refractivity contribution is 0.0413. The number of carbonyl (C=O) groups excluding carboxylic acids is 1. The molecule has 0 N–H and O–H groups in total. The van der Waals surface area contributed by atoms with Gasteiger partial charge in [0.25, 0.3) is 5.91 Å². The molecule has 2 aliphatic rings. The Kier molecular flexibility index (Phi) is 3.90. The molecule has 0 bridgehead atoms. The van der Waals surface area contributed by atoms with Crippen LogP contribution in [0.3, 0.4) is 0 Å². The molecule has 0 radical (unpaired) electrons. The number of nitrogens with zero attached hydrogens (tertiary/aromatic N) is 3. The van der Waals surface area contributed by atoms with Gasteiger partial charge in [0.15, 0.2) is 0 Å². The first-order valence-electron chi connectivity index (χ1n) is 7.07. The van der Waals surface area contributed by atoms with Crippen LogP contribution in [0, 0.1) is 0 Å². The molecule has 4 nitrogen and oxygen atoms in total. The molecular weight excluding hydrogens is 238 g/mol. The zero-order valence-electron chi connectivity index (χ0n) is 12.3. The molecule has 1 aromatic rings. The van der Waals surface area contributed by atoms with Crippen molar-refractivity contribution in [1.82, 2.24) is 14.8 Å². The van der Waals surface area contributed by atoms with Crippen LogP contribution in [-0.2, 0) is 5.54 Å². The van der Waals surface area contributed by atoms with Gasteiger partial charge in [-0.2, -0.15) is 0 Å². The fourth-order valence-electron chi connectivity index (χ4n) is 3.04. The number of rotatable bonds is 0. The Morgan fingerprint density at radius 3 is 2.47 bits per heavy atom. The lowest BCUT2D eigenvalue weighted by atomic mass is 9.84. The quantitative estimate of drug-likeness (QED) is 0.717. The molecule has 1 aromatic heterocycles. The second-order valence-electron chi connectivity index (χ2n) is 5.10. The molecule has 1 amide bonds. The number of fused-ring (bicyclic) bond motifs is 2. The van der Waals surface area contributed by atoms with Gasteiger partial charge in [-0.25, -0.2) is 0 Å². The fraction of sp³-hybridized carbons (Fsp3) is 0.600. The van der Waals surface area contributed by atoms with Gasteiger partial charge in [-0.05, 0) is 32.0 Å². The molecule has 104 valence electrons. The van der Waals surface area contributed by atoms with Crippen LogP contribution in [0.4, 0.5) is 0 Å². The van der Waals surface area contributed by atoms with Crippen molar-refractivity contribution in [2.75, 3.05) is 27.2 Å². The smallest absolute Gasteiger partial charge is 0.256 e. The second-order valence-corrected chi connectivity index (χ2v) is 5.10. The van der Waals surface area contributed by atoms with E-state index in [1.54, 1.807) is 6.20 Å². The molecule has 2 aliphatic heterocycles.